The van der Waals surface area contributed by atoms with E-state index in [2.05, 4.69) is 5.32 Å². The summed E-state index contributed by atoms with van der Waals surface area (Å²) in [6.45, 7) is 5.38. The van der Waals surface area contributed by atoms with Gasteiger partial charge in [-0.1, -0.05) is 0 Å². The van der Waals surface area contributed by atoms with Gasteiger partial charge in [0.05, 0.1) is 12.6 Å². The number of hydrogen-bond acceptors (Lipinski definition) is 3. The third-order valence-corrected chi connectivity index (χ3v) is 1.60. The van der Waals surface area contributed by atoms with Crippen LogP contribution in [0.5, 0.6) is 0 Å². The molecule has 0 radical (unpaired) electrons. The van der Waals surface area contributed by atoms with Crippen LogP contribution in [0.3, 0.4) is 0 Å². The predicted molar refractivity (Wildman–Crippen MR) is 54.6 cm³/mol. The van der Waals surface area contributed by atoms with Gasteiger partial charge in [-0.25, -0.2) is 0 Å². The minimum absolute atomic E-state index is 0.0541. The molecule has 0 aliphatic rings. The molecule has 82 valence electrons. The fourth-order valence-electron chi connectivity index (χ4n) is 1.01. The predicted octanol–water partition coefficient (Wildman–Crippen LogP) is -0.683. The molecule has 3 N–H and O–H groups in total. The van der Waals surface area contributed by atoms with Crippen LogP contribution in [0.25, 0.3) is 0 Å². The number of carbonyl (C=O) groups is 2. The Balaban J connectivity index is 4.00. The van der Waals surface area contributed by atoms with E-state index in [9.17, 15) is 9.59 Å². The second-order valence-corrected chi connectivity index (χ2v) is 3.71. The molecule has 14 heavy (non-hydrogen) atoms. The zero-order valence-corrected chi connectivity index (χ0v) is 9.20. The van der Waals surface area contributed by atoms with Gasteiger partial charge in [0.15, 0.2) is 0 Å². The molecule has 0 saturated heterocycles. The number of hydrogen-bond donors (Lipinski definition) is 2. The molecule has 5 nitrogen and oxygen atoms in total. The van der Waals surface area contributed by atoms with Crippen molar-refractivity contribution < 1.29 is 9.59 Å². The van der Waals surface area contributed by atoms with E-state index in [4.69, 9.17) is 5.73 Å². The van der Waals surface area contributed by atoms with Crippen LogP contribution >= 0.6 is 0 Å². The molecular formula is C9H19N3O2. The SMILES string of the molecule is CC(C)NC(=O)CN(C)C(=O)[C@H](C)N. The van der Waals surface area contributed by atoms with Gasteiger partial charge in [-0.2, -0.15) is 0 Å². The summed E-state index contributed by atoms with van der Waals surface area (Å²) in [7, 11) is 1.56. The lowest BCUT2D eigenvalue weighted by atomic mass is 10.3. The highest BCUT2D eigenvalue weighted by Crippen LogP contribution is 1.89. The first kappa shape index (κ1) is 12.9. The highest BCUT2D eigenvalue weighted by atomic mass is 16.2. The zero-order valence-electron chi connectivity index (χ0n) is 9.20. The first-order valence-electron chi connectivity index (χ1n) is 4.64. The lowest BCUT2D eigenvalue weighted by molar-refractivity contribution is -0.135. The molecule has 0 heterocycles. The Morgan fingerprint density at radius 3 is 2.21 bits per heavy atom. The van der Waals surface area contributed by atoms with Crippen molar-refractivity contribution in [2.75, 3.05) is 13.6 Å². The van der Waals surface area contributed by atoms with E-state index in [1.807, 2.05) is 13.8 Å². The summed E-state index contributed by atoms with van der Waals surface area (Å²) in [5, 5.41) is 2.69. The first-order valence-corrected chi connectivity index (χ1v) is 4.64. The number of nitrogens with zero attached hydrogens (tertiary/aromatic N) is 1. The van der Waals surface area contributed by atoms with Crippen LogP contribution in [0.2, 0.25) is 0 Å². The monoisotopic (exact) mass is 201 g/mol. The van der Waals surface area contributed by atoms with Crippen molar-refractivity contribution in [2.45, 2.75) is 32.9 Å². The second kappa shape index (κ2) is 5.59. The van der Waals surface area contributed by atoms with Gasteiger partial charge in [-0.15, -0.1) is 0 Å². The van der Waals surface area contributed by atoms with Gasteiger partial charge >= 0.3 is 0 Å². The molecule has 0 spiro atoms. The number of amides is 2. The molecule has 0 aliphatic carbocycles. The van der Waals surface area contributed by atoms with Crippen molar-refractivity contribution >= 4 is 11.8 Å². The molecule has 0 aliphatic heterocycles. The average molecular weight is 201 g/mol. The Hall–Kier alpha value is -1.10. The second-order valence-electron chi connectivity index (χ2n) is 3.71. The van der Waals surface area contributed by atoms with Gasteiger partial charge in [-0.05, 0) is 20.8 Å². The Morgan fingerprint density at radius 2 is 1.86 bits per heavy atom. The maximum Gasteiger partial charge on any atom is 0.239 e. The summed E-state index contributed by atoms with van der Waals surface area (Å²) in [5.74, 6) is -0.402. The summed E-state index contributed by atoms with van der Waals surface area (Å²) < 4.78 is 0. The van der Waals surface area contributed by atoms with Crippen LogP contribution in [0.4, 0.5) is 0 Å². The van der Waals surface area contributed by atoms with Crippen LogP contribution < -0.4 is 11.1 Å². The van der Waals surface area contributed by atoms with Gasteiger partial charge in [0.2, 0.25) is 11.8 Å². The van der Waals surface area contributed by atoms with Crippen molar-refractivity contribution in [3.05, 3.63) is 0 Å². The molecule has 0 aromatic heterocycles. The first-order chi connectivity index (χ1) is 6.34. The van der Waals surface area contributed by atoms with E-state index in [0.717, 1.165) is 0 Å². The van der Waals surface area contributed by atoms with Crippen molar-refractivity contribution in [1.82, 2.24) is 10.2 Å². The Kier molecular flexibility index (Phi) is 5.15. The third kappa shape index (κ3) is 4.81. The number of nitrogens with one attached hydrogen (secondary N) is 1. The molecule has 0 aromatic rings. The van der Waals surface area contributed by atoms with Crippen LogP contribution in [-0.2, 0) is 9.59 Å². The number of carbonyl (C=O) groups excluding carboxylic acids is 2. The van der Waals surface area contributed by atoms with E-state index in [1.54, 1.807) is 14.0 Å². The minimum Gasteiger partial charge on any atom is -0.352 e. The molecule has 2 amide bonds. The number of rotatable bonds is 4. The van der Waals surface area contributed by atoms with Crippen LogP contribution in [0.15, 0.2) is 0 Å². The molecule has 0 rings (SSSR count). The summed E-state index contributed by atoms with van der Waals surface area (Å²) in [6, 6.07) is -0.479. The van der Waals surface area contributed by atoms with Crippen LogP contribution in [-0.4, -0.2) is 42.4 Å². The number of nitrogens with two attached hydrogens (primary N) is 1. The quantitative estimate of drug-likeness (QED) is 0.632. The van der Waals surface area contributed by atoms with Crippen LogP contribution in [0, 0.1) is 0 Å². The van der Waals surface area contributed by atoms with Crippen molar-refractivity contribution in [2.24, 2.45) is 5.73 Å². The van der Waals surface area contributed by atoms with Gasteiger partial charge < -0.3 is 16.0 Å². The molecule has 0 bridgehead atoms. The summed E-state index contributed by atoms with van der Waals surface area (Å²) in [5.41, 5.74) is 5.39. The van der Waals surface area contributed by atoms with Gasteiger partial charge in [0.1, 0.15) is 0 Å². The molecule has 0 aromatic carbocycles. The maximum atomic E-state index is 11.3. The highest BCUT2D eigenvalue weighted by Gasteiger charge is 2.16. The molecule has 0 unspecified atom stereocenters. The standard InChI is InChI=1S/C9H19N3O2/c1-6(2)11-8(13)5-12(4)9(14)7(3)10/h6-7H,5,10H2,1-4H3,(H,11,13)/t7-/m0/s1. The van der Waals surface area contributed by atoms with E-state index in [1.165, 1.54) is 4.90 Å². The Labute approximate surface area is 84.6 Å². The van der Waals surface area contributed by atoms with E-state index < -0.39 is 6.04 Å². The van der Waals surface area contributed by atoms with E-state index >= 15 is 0 Å². The zero-order chi connectivity index (χ0) is 11.3. The molecule has 0 fully saturated rings. The Morgan fingerprint density at radius 1 is 1.36 bits per heavy atom. The highest BCUT2D eigenvalue weighted by molar-refractivity contribution is 5.87. The fraction of sp³-hybridized carbons (Fsp3) is 0.778. The van der Waals surface area contributed by atoms with E-state index in [0.29, 0.717) is 0 Å². The molecular weight excluding hydrogens is 182 g/mol. The Bertz CT molecular complexity index is 214. The topological polar surface area (TPSA) is 75.4 Å². The smallest absolute Gasteiger partial charge is 0.239 e. The molecule has 5 heteroatoms. The normalized spacial score (nSPS) is 12.4. The lowest BCUT2D eigenvalue weighted by Crippen LogP contribution is -2.45. The van der Waals surface area contributed by atoms with Gasteiger partial charge in [0, 0.05) is 13.1 Å². The largest absolute Gasteiger partial charge is 0.352 e. The van der Waals surface area contributed by atoms with Gasteiger partial charge in [0.25, 0.3) is 0 Å². The van der Waals surface area contributed by atoms with E-state index in [-0.39, 0.29) is 24.4 Å². The number of likely N-dealkylation sites (N-methyl/N-ethyl adjacent to an activating group) is 1. The molecule has 0 saturated carbocycles. The van der Waals surface area contributed by atoms with Crippen LogP contribution in [0.1, 0.15) is 20.8 Å². The average Bonchev–Trinajstić information content (AvgIpc) is 2.00. The lowest BCUT2D eigenvalue weighted by Gasteiger charge is -2.19. The van der Waals surface area contributed by atoms with Crippen molar-refractivity contribution in [3.63, 3.8) is 0 Å². The third-order valence-electron chi connectivity index (χ3n) is 1.60. The summed E-state index contributed by atoms with van der Waals surface area (Å²) in [6.07, 6.45) is 0. The maximum absolute atomic E-state index is 11.3. The van der Waals surface area contributed by atoms with Crippen molar-refractivity contribution in [3.8, 4) is 0 Å². The molecule has 1 atom stereocenters. The summed E-state index contributed by atoms with van der Waals surface area (Å²) in [4.78, 5) is 23.9. The minimum atomic E-state index is -0.563. The van der Waals surface area contributed by atoms with Gasteiger partial charge in [-0.3, -0.25) is 9.59 Å². The van der Waals surface area contributed by atoms with Crippen molar-refractivity contribution in [1.29, 1.82) is 0 Å². The fourth-order valence-corrected chi connectivity index (χ4v) is 1.01. The summed E-state index contributed by atoms with van der Waals surface area (Å²) >= 11 is 0.